The van der Waals surface area contributed by atoms with Crippen molar-refractivity contribution in [1.82, 2.24) is 0 Å². The summed E-state index contributed by atoms with van der Waals surface area (Å²) in [6.45, 7) is 6.12. The molecule has 0 saturated heterocycles. The van der Waals surface area contributed by atoms with E-state index in [1.807, 2.05) is 19.1 Å². The predicted octanol–water partition coefficient (Wildman–Crippen LogP) is 2.18. The molecular formula is C10H15NaO. The van der Waals surface area contributed by atoms with Crippen molar-refractivity contribution in [2.45, 2.75) is 26.7 Å². The van der Waals surface area contributed by atoms with Gasteiger partial charge in [-0.25, -0.2) is 0 Å². The van der Waals surface area contributed by atoms with Crippen LogP contribution in [0.25, 0.3) is 0 Å². The average molecular weight is 174 g/mol. The number of hydrogen-bond acceptors (Lipinski definition) is 1. The fourth-order valence-electron chi connectivity index (χ4n) is 1.14. The van der Waals surface area contributed by atoms with Crippen LogP contribution in [0.5, 0.6) is 5.75 Å². The zero-order chi connectivity index (χ0) is 8.43. The summed E-state index contributed by atoms with van der Waals surface area (Å²) in [5, 5.41) is 9.46. The van der Waals surface area contributed by atoms with Crippen LogP contribution in [-0.2, 0) is 0 Å². The molecule has 0 atom stereocenters. The normalized spacial score (nSPS) is 9.67. The molecule has 0 unspecified atom stereocenters. The Morgan fingerprint density at radius 3 is 2.25 bits per heavy atom. The summed E-state index contributed by atoms with van der Waals surface area (Å²) in [6, 6.07) is 5.81. The number of phenols is 1. The van der Waals surface area contributed by atoms with Gasteiger partial charge in [-0.15, -0.1) is 0 Å². The van der Waals surface area contributed by atoms with Gasteiger partial charge in [-0.1, -0.05) is 26.0 Å². The van der Waals surface area contributed by atoms with Crippen LogP contribution in [-0.4, -0.2) is 34.7 Å². The van der Waals surface area contributed by atoms with E-state index in [1.165, 1.54) is 0 Å². The number of aromatic hydroxyl groups is 1. The molecule has 62 valence electrons. The Bertz CT molecular complexity index is 256. The van der Waals surface area contributed by atoms with Gasteiger partial charge in [-0.2, -0.15) is 0 Å². The molecule has 12 heavy (non-hydrogen) atoms. The predicted molar refractivity (Wildman–Crippen MR) is 54.1 cm³/mol. The molecular weight excluding hydrogens is 159 g/mol. The second kappa shape index (κ2) is 4.90. The van der Waals surface area contributed by atoms with E-state index in [2.05, 4.69) is 13.8 Å². The van der Waals surface area contributed by atoms with E-state index in [4.69, 9.17) is 0 Å². The molecule has 0 heterocycles. The standard InChI is InChI=1S/C10H14O.Na.H/c1-7(2)9-5-4-8(3)6-10(9)11;;/h4-7,11H,1-3H3;;. The molecule has 0 amide bonds. The number of benzene rings is 1. The molecule has 0 aromatic heterocycles. The third-order valence-corrected chi connectivity index (χ3v) is 1.81. The van der Waals surface area contributed by atoms with Gasteiger partial charge < -0.3 is 5.11 Å². The molecule has 0 aliphatic heterocycles. The van der Waals surface area contributed by atoms with Crippen LogP contribution < -0.4 is 0 Å². The van der Waals surface area contributed by atoms with E-state index in [-0.39, 0.29) is 29.6 Å². The fraction of sp³-hybridized carbons (Fsp3) is 0.400. The Morgan fingerprint density at radius 2 is 1.83 bits per heavy atom. The van der Waals surface area contributed by atoms with E-state index >= 15 is 0 Å². The first-order valence-electron chi connectivity index (χ1n) is 3.91. The maximum absolute atomic E-state index is 9.46. The van der Waals surface area contributed by atoms with Crippen LogP contribution in [0.2, 0.25) is 0 Å². The quantitative estimate of drug-likeness (QED) is 0.647. The number of aryl methyl sites for hydroxylation is 1. The fourth-order valence-corrected chi connectivity index (χ4v) is 1.14. The van der Waals surface area contributed by atoms with E-state index in [9.17, 15) is 5.11 Å². The molecule has 1 aromatic rings. The third-order valence-electron chi connectivity index (χ3n) is 1.81. The van der Waals surface area contributed by atoms with Crippen LogP contribution in [0.15, 0.2) is 18.2 Å². The van der Waals surface area contributed by atoms with Crippen molar-refractivity contribution in [2.75, 3.05) is 0 Å². The first kappa shape index (κ1) is 12.0. The topological polar surface area (TPSA) is 20.2 Å². The molecule has 0 bridgehead atoms. The Hall–Kier alpha value is 0.0200. The summed E-state index contributed by atoms with van der Waals surface area (Å²) in [6.07, 6.45) is 0. The number of phenolic OH excluding ortho intramolecular Hbond substituents is 1. The minimum absolute atomic E-state index is 0. The summed E-state index contributed by atoms with van der Waals surface area (Å²) < 4.78 is 0. The monoisotopic (exact) mass is 174 g/mol. The molecule has 0 aliphatic rings. The van der Waals surface area contributed by atoms with Gasteiger partial charge in [-0.3, -0.25) is 0 Å². The van der Waals surface area contributed by atoms with Crippen molar-refractivity contribution in [3.05, 3.63) is 29.3 Å². The van der Waals surface area contributed by atoms with Crippen molar-refractivity contribution in [1.29, 1.82) is 0 Å². The minimum atomic E-state index is 0. The van der Waals surface area contributed by atoms with Gasteiger partial charge in [0.2, 0.25) is 0 Å². The van der Waals surface area contributed by atoms with Crippen LogP contribution in [0.1, 0.15) is 30.9 Å². The van der Waals surface area contributed by atoms with Crippen molar-refractivity contribution in [3.8, 4) is 5.75 Å². The molecule has 0 radical (unpaired) electrons. The van der Waals surface area contributed by atoms with Crippen LogP contribution >= 0.6 is 0 Å². The summed E-state index contributed by atoms with van der Waals surface area (Å²) >= 11 is 0. The molecule has 1 rings (SSSR count). The molecule has 0 fully saturated rings. The van der Waals surface area contributed by atoms with Crippen LogP contribution in [0.4, 0.5) is 0 Å². The van der Waals surface area contributed by atoms with Gasteiger partial charge >= 0.3 is 29.6 Å². The SMILES string of the molecule is Cc1ccc(C(C)C)c(O)c1.[NaH]. The van der Waals surface area contributed by atoms with Gasteiger partial charge in [0.05, 0.1) is 0 Å². The summed E-state index contributed by atoms with van der Waals surface area (Å²) in [7, 11) is 0. The Balaban J connectivity index is 0.00000121. The third kappa shape index (κ3) is 2.81. The van der Waals surface area contributed by atoms with Crippen LogP contribution in [0, 0.1) is 6.92 Å². The Labute approximate surface area is 96.1 Å². The Kier molecular flexibility index (Phi) is 4.91. The molecule has 1 aromatic carbocycles. The zero-order valence-corrected chi connectivity index (χ0v) is 7.26. The van der Waals surface area contributed by atoms with Gasteiger partial charge in [0, 0.05) is 0 Å². The second-order valence-corrected chi connectivity index (χ2v) is 3.22. The van der Waals surface area contributed by atoms with E-state index in [0.717, 1.165) is 11.1 Å². The Morgan fingerprint density at radius 1 is 1.25 bits per heavy atom. The average Bonchev–Trinajstić information content (AvgIpc) is 1.85. The van der Waals surface area contributed by atoms with Gasteiger partial charge in [0.25, 0.3) is 0 Å². The molecule has 0 saturated carbocycles. The van der Waals surface area contributed by atoms with Crippen molar-refractivity contribution in [2.24, 2.45) is 0 Å². The first-order chi connectivity index (χ1) is 5.11. The van der Waals surface area contributed by atoms with Gasteiger partial charge in [0.1, 0.15) is 5.75 Å². The summed E-state index contributed by atoms with van der Waals surface area (Å²) in [5.41, 5.74) is 2.13. The molecule has 2 heteroatoms. The maximum atomic E-state index is 9.46. The van der Waals surface area contributed by atoms with E-state index in [1.54, 1.807) is 6.07 Å². The van der Waals surface area contributed by atoms with Gasteiger partial charge in [0.15, 0.2) is 0 Å². The molecule has 1 nitrogen and oxygen atoms in total. The van der Waals surface area contributed by atoms with Crippen LogP contribution in [0.3, 0.4) is 0 Å². The molecule has 0 spiro atoms. The molecule has 1 N–H and O–H groups in total. The molecule has 0 aliphatic carbocycles. The van der Waals surface area contributed by atoms with Crippen molar-refractivity contribution in [3.63, 3.8) is 0 Å². The number of rotatable bonds is 1. The van der Waals surface area contributed by atoms with Gasteiger partial charge in [-0.05, 0) is 30.0 Å². The summed E-state index contributed by atoms with van der Waals surface area (Å²) in [5.74, 6) is 0.815. The van der Waals surface area contributed by atoms with Crippen molar-refractivity contribution >= 4 is 29.6 Å². The van der Waals surface area contributed by atoms with E-state index < -0.39 is 0 Å². The van der Waals surface area contributed by atoms with E-state index in [0.29, 0.717) is 11.7 Å². The number of hydrogen-bond donors (Lipinski definition) is 1. The zero-order valence-electron chi connectivity index (χ0n) is 7.26. The first-order valence-corrected chi connectivity index (χ1v) is 3.91. The second-order valence-electron chi connectivity index (χ2n) is 3.22. The van der Waals surface area contributed by atoms with Crippen molar-refractivity contribution < 1.29 is 5.11 Å². The summed E-state index contributed by atoms with van der Waals surface area (Å²) in [4.78, 5) is 0.